The summed E-state index contributed by atoms with van der Waals surface area (Å²) in [6.07, 6.45) is -3.24. The zero-order chi connectivity index (χ0) is 27.6. The van der Waals surface area contributed by atoms with Crippen molar-refractivity contribution < 1.29 is 22.3 Å². The van der Waals surface area contributed by atoms with Crippen molar-refractivity contribution in [3.63, 3.8) is 0 Å². The van der Waals surface area contributed by atoms with Gasteiger partial charge < -0.3 is 4.74 Å². The lowest BCUT2D eigenvalue weighted by Crippen LogP contribution is -2.20. The van der Waals surface area contributed by atoms with Crippen molar-refractivity contribution in [1.82, 2.24) is 9.66 Å². The molecular formula is C29H18ClF4N3O2. The fraction of sp³-hybridized carbons (Fsp3) is 0.0690. The quantitative estimate of drug-likeness (QED) is 0.164. The SMILES string of the molecule is O=c1c2ccccc2nc(-c2cccc(C(F)(F)F)c2)n1N=Cc1ccc(OCc2ccccc2F)c(Cl)c1. The third-order valence-electron chi connectivity index (χ3n) is 5.82. The highest BCUT2D eigenvalue weighted by Crippen LogP contribution is 2.32. The summed E-state index contributed by atoms with van der Waals surface area (Å²) in [6, 6.07) is 21.9. The van der Waals surface area contributed by atoms with E-state index in [2.05, 4.69) is 10.1 Å². The van der Waals surface area contributed by atoms with Crippen LogP contribution in [-0.2, 0) is 12.8 Å². The average molecular weight is 552 g/mol. The van der Waals surface area contributed by atoms with Gasteiger partial charge in [-0.25, -0.2) is 9.37 Å². The van der Waals surface area contributed by atoms with Gasteiger partial charge in [-0.05, 0) is 54.1 Å². The van der Waals surface area contributed by atoms with Crippen LogP contribution in [0.5, 0.6) is 5.75 Å². The minimum atomic E-state index is -4.58. The standard InChI is InChI=1S/C29H18ClF4N3O2/c30-23-14-18(12-13-26(23)39-17-20-6-1-3-10-24(20)31)16-35-37-27(19-7-5-8-21(15-19)29(32,33)34)36-25-11-4-2-9-22(25)28(37)38/h1-16H,17H2. The van der Waals surface area contributed by atoms with Gasteiger partial charge in [0.15, 0.2) is 5.82 Å². The van der Waals surface area contributed by atoms with E-state index < -0.39 is 23.1 Å². The largest absolute Gasteiger partial charge is 0.487 e. The first-order chi connectivity index (χ1) is 18.7. The van der Waals surface area contributed by atoms with Crippen LogP contribution in [0.1, 0.15) is 16.7 Å². The lowest BCUT2D eigenvalue weighted by atomic mass is 10.1. The van der Waals surface area contributed by atoms with Crippen LogP contribution in [0.2, 0.25) is 5.02 Å². The first-order valence-corrected chi connectivity index (χ1v) is 12.0. The van der Waals surface area contributed by atoms with Gasteiger partial charge >= 0.3 is 6.18 Å². The highest BCUT2D eigenvalue weighted by atomic mass is 35.5. The summed E-state index contributed by atoms with van der Waals surface area (Å²) in [4.78, 5) is 17.7. The number of alkyl halides is 3. The molecule has 5 rings (SSSR count). The van der Waals surface area contributed by atoms with Crippen LogP contribution >= 0.6 is 11.6 Å². The van der Waals surface area contributed by atoms with Crippen molar-refractivity contribution in [1.29, 1.82) is 0 Å². The van der Waals surface area contributed by atoms with Crippen molar-refractivity contribution >= 4 is 28.7 Å². The van der Waals surface area contributed by atoms with Crippen molar-refractivity contribution in [2.75, 3.05) is 0 Å². The van der Waals surface area contributed by atoms with E-state index in [0.717, 1.165) is 16.8 Å². The number of fused-ring (bicyclic) bond motifs is 1. The predicted molar refractivity (Wildman–Crippen MR) is 142 cm³/mol. The van der Waals surface area contributed by atoms with E-state index in [1.54, 1.807) is 54.6 Å². The number of rotatable bonds is 6. The van der Waals surface area contributed by atoms with E-state index >= 15 is 0 Å². The Morgan fingerprint density at radius 1 is 0.949 bits per heavy atom. The molecule has 0 unspecified atom stereocenters. The monoisotopic (exact) mass is 551 g/mol. The van der Waals surface area contributed by atoms with E-state index in [9.17, 15) is 22.4 Å². The van der Waals surface area contributed by atoms with E-state index in [4.69, 9.17) is 16.3 Å². The predicted octanol–water partition coefficient (Wildman–Crippen LogP) is 7.34. The first kappa shape index (κ1) is 26.1. The molecule has 0 N–H and O–H groups in total. The van der Waals surface area contributed by atoms with Crippen LogP contribution in [0.4, 0.5) is 17.6 Å². The molecule has 0 atom stereocenters. The molecule has 10 heteroatoms. The Kier molecular flexibility index (Phi) is 7.17. The van der Waals surface area contributed by atoms with Gasteiger partial charge in [-0.2, -0.15) is 22.9 Å². The van der Waals surface area contributed by atoms with Crippen LogP contribution < -0.4 is 10.3 Å². The van der Waals surface area contributed by atoms with Crippen LogP contribution in [0.3, 0.4) is 0 Å². The number of ether oxygens (including phenoxy) is 1. The Bertz CT molecular complexity index is 1770. The van der Waals surface area contributed by atoms with Crippen LogP contribution in [0, 0.1) is 5.82 Å². The smallest absolute Gasteiger partial charge is 0.416 e. The first-order valence-electron chi connectivity index (χ1n) is 11.6. The van der Waals surface area contributed by atoms with Crippen LogP contribution in [0.25, 0.3) is 22.3 Å². The van der Waals surface area contributed by atoms with Gasteiger partial charge in [-0.15, -0.1) is 0 Å². The van der Waals surface area contributed by atoms with Crippen molar-refractivity contribution in [2.45, 2.75) is 12.8 Å². The maximum absolute atomic E-state index is 13.9. The molecule has 5 nitrogen and oxygen atoms in total. The summed E-state index contributed by atoms with van der Waals surface area (Å²) in [5, 5.41) is 4.73. The Morgan fingerprint density at radius 3 is 2.49 bits per heavy atom. The van der Waals surface area contributed by atoms with Crippen molar-refractivity contribution in [2.24, 2.45) is 5.10 Å². The third kappa shape index (κ3) is 5.68. The average Bonchev–Trinajstić information content (AvgIpc) is 2.92. The molecule has 0 aliphatic heterocycles. The van der Waals surface area contributed by atoms with Gasteiger partial charge in [0, 0.05) is 11.1 Å². The Morgan fingerprint density at radius 2 is 1.72 bits per heavy atom. The molecule has 0 aliphatic carbocycles. The molecule has 4 aromatic carbocycles. The van der Waals surface area contributed by atoms with Crippen LogP contribution in [0.15, 0.2) is 101 Å². The summed E-state index contributed by atoms with van der Waals surface area (Å²) >= 11 is 6.35. The number of aromatic nitrogens is 2. The van der Waals surface area contributed by atoms with Gasteiger partial charge in [0.05, 0.1) is 27.7 Å². The summed E-state index contributed by atoms with van der Waals surface area (Å²) in [5.41, 5.74) is -0.200. The van der Waals surface area contributed by atoms with E-state index in [1.165, 1.54) is 30.5 Å². The molecule has 1 aromatic heterocycles. The molecule has 0 fully saturated rings. The van der Waals surface area contributed by atoms with E-state index in [0.29, 0.717) is 22.4 Å². The van der Waals surface area contributed by atoms with Crippen molar-refractivity contribution in [3.8, 4) is 17.1 Å². The van der Waals surface area contributed by atoms with Gasteiger partial charge in [0.25, 0.3) is 5.56 Å². The number of para-hydroxylation sites is 1. The lowest BCUT2D eigenvalue weighted by Gasteiger charge is -2.12. The molecule has 0 amide bonds. The van der Waals surface area contributed by atoms with E-state index in [1.807, 2.05) is 0 Å². The highest BCUT2D eigenvalue weighted by Gasteiger charge is 2.31. The molecular weight excluding hydrogens is 534 g/mol. The molecule has 0 aliphatic rings. The fourth-order valence-corrected chi connectivity index (χ4v) is 4.11. The minimum Gasteiger partial charge on any atom is -0.487 e. The minimum absolute atomic E-state index is 0.0294. The molecule has 0 saturated carbocycles. The summed E-state index contributed by atoms with van der Waals surface area (Å²) in [7, 11) is 0. The molecule has 196 valence electrons. The number of hydrogen-bond donors (Lipinski definition) is 0. The van der Waals surface area contributed by atoms with Crippen LogP contribution in [-0.4, -0.2) is 15.9 Å². The second-order valence-electron chi connectivity index (χ2n) is 8.46. The molecule has 0 bridgehead atoms. The Hall–Kier alpha value is -4.50. The maximum Gasteiger partial charge on any atom is 0.416 e. The van der Waals surface area contributed by atoms with Gasteiger partial charge in [-0.1, -0.05) is 54.1 Å². The summed E-state index contributed by atoms with van der Waals surface area (Å²) in [6.45, 7) is -0.0294. The van der Waals surface area contributed by atoms with Gasteiger partial charge in [-0.3, -0.25) is 4.79 Å². The second kappa shape index (κ2) is 10.7. The lowest BCUT2D eigenvalue weighted by molar-refractivity contribution is -0.137. The number of nitrogens with zero attached hydrogens (tertiary/aromatic N) is 3. The molecule has 39 heavy (non-hydrogen) atoms. The fourth-order valence-electron chi connectivity index (χ4n) is 3.86. The maximum atomic E-state index is 13.9. The molecule has 5 aromatic rings. The number of hydrogen-bond acceptors (Lipinski definition) is 4. The molecule has 0 radical (unpaired) electrons. The number of halogens is 5. The molecule has 0 spiro atoms. The highest BCUT2D eigenvalue weighted by molar-refractivity contribution is 6.32. The number of benzene rings is 4. The Balaban J connectivity index is 1.50. The van der Waals surface area contributed by atoms with Gasteiger partial charge in [0.1, 0.15) is 18.2 Å². The zero-order valence-electron chi connectivity index (χ0n) is 20.0. The summed E-state index contributed by atoms with van der Waals surface area (Å²) in [5.74, 6) is -0.147. The topological polar surface area (TPSA) is 56.5 Å². The Labute approximate surface area is 224 Å². The van der Waals surface area contributed by atoms with Gasteiger partial charge in [0.2, 0.25) is 0 Å². The zero-order valence-corrected chi connectivity index (χ0v) is 20.7. The third-order valence-corrected chi connectivity index (χ3v) is 6.12. The van der Waals surface area contributed by atoms with Crippen molar-refractivity contribution in [3.05, 3.63) is 129 Å². The van der Waals surface area contributed by atoms with E-state index in [-0.39, 0.29) is 28.4 Å². The normalized spacial score (nSPS) is 11.8. The summed E-state index contributed by atoms with van der Waals surface area (Å²) < 4.78 is 60.6. The molecule has 1 heterocycles. The molecule has 0 saturated heterocycles. The second-order valence-corrected chi connectivity index (χ2v) is 8.87.